The molecule has 0 bridgehead atoms. The van der Waals surface area contributed by atoms with Crippen LogP contribution in [0.2, 0.25) is 0 Å². The largest absolute Gasteiger partial charge is 0.465 e. The maximum absolute atomic E-state index is 13.3. The van der Waals surface area contributed by atoms with E-state index in [0.29, 0.717) is 24.1 Å². The molecule has 2 aliphatic rings. The van der Waals surface area contributed by atoms with Gasteiger partial charge in [0.2, 0.25) is 11.8 Å². The molecule has 1 aromatic carbocycles. The Kier molecular flexibility index (Phi) is 6.94. The number of esters is 1. The van der Waals surface area contributed by atoms with E-state index < -0.39 is 11.6 Å². The van der Waals surface area contributed by atoms with E-state index in [0.717, 1.165) is 0 Å². The summed E-state index contributed by atoms with van der Waals surface area (Å²) >= 11 is 0. The molecule has 168 valence electrons. The molecule has 9 heteroatoms. The summed E-state index contributed by atoms with van der Waals surface area (Å²) in [6.07, 6.45) is 0.857. The maximum atomic E-state index is 13.3. The van der Waals surface area contributed by atoms with Gasteiger partial charge >= 0.3 is 5.97 Å². The summed E-state index contributed by atoms with van der Waals surface area (Å²) in [5.74, 6) is -1.01. The van der Waals surface area contributed by atoms with Gasteiger partial charge in [-0.15, -0.1) is 0 Å². The van der Waals surface area contributed by atoms with Crippen molar-refractivity contribution in [2.45, 2.75) is 38.8 Å². The van der Waals surface area contributed by atoms with Gasteiger partial charge in [-0.25, -0.2) is 0 Å². The summed E-state index contributed by atoms with van der Waals surface area (Å²) in [6, 6.07) is 7.04. The Balaban J connectivity index is 1.77. The zero-order valence-electron chi connectivity index (χ0n) is 18.3. The van der Waals surface area contributed by atoms with Gasteiger partial charge < -0.3 is 19.3 Å². The minimum Gasteiger partial charge on any atom is -0.465 e. The van der Waals surface area contributed by atoms with Gasteiger partial charge in [-0.05, 0) is 32.4 Å². The Morgan fingerprint density at radius 1 is 1.23 bits per heavy atom. The van der Waals surface area contributed by atoms with E-state index in [-0.39, 0.29) is 57.0 Å². The Labute approximate surface area is 181 Å². The number of hydrogen-bond donors (Lipinski definition) is 0. The number of amides is 3. The standard InChI is InChI=1S/C22H29N3O6/c1-4-31-20(28)15-23(13-14-30-3)18(26)10-12-24-21(29)16-7-5-6-8-17(16)25-19(27)9-11-22(24,25)2/h5-8H,4,9-15H2,1-3H3. The SMILES string of the molecule is CCOC(=O)CN(CCOC)C(=O)CCN1C(=O)c2ccccc2N2C(=O)CCC12C. The van der Waals surface area contributed by atoms with Crippen LogP contribution in [0.1, 0.15) is 43.5 Å². The van der Waals surface area contributed by atoms with Crippen LogP contribution in [0.4, 0.5) is 5.69 Å². The highest BCUT2D eigenvalue weighted by Crippen LogP contribution is 2.43. The minimum absolute atomic E-state index is 0.0225. The monoisotopic (exact) mass is 431 g/mol. The van der Waals surface area contributed by atoms with E-state index in [2.05, 4.69) is 0 Å². The Morgan fingerprint density at radius 2 is 1.97 bits per heavy atom. The van der Waals surface area contributed by atoms with Gasteiger partial charge in [0.15, 0.2) is 0 Å². The van der Waals surface area contributed by atoms with Crippen LogP contribution in [0, 0.1) is 0 Å². The van der Waals surface area contributed by atoms with Crippen LogP contribution < -0.4 is 4.90 Å². The number of hydrogen-bond acceptors (Lipinski definition) is 6. The lowest BCUT2D eigenvalue weighted by molar-refractivity contribution is -0.149. The average Bonchev–Trinajstić information content (AvgIpc) is 3.06. The third-order valence-electron chi connectivity index (χ3n) is 5.84. The molecule has 1 unspecified atom stereocenters. The molecule has 31 heavy (non-hydrogen) atoms. The molecular formula is C22H29N3O6. The minimum atomic E-state index is -0.818. The van der Waals surface area contributed by atoms with Crippen molar-refractivity contribution in [3.8, 4) is 0 Å². The summed E-state index contributed by atoms with van der Waals surface area (Å²) in [5, 5.41) is 0. The molecule has 0 spiro atoms. The lowest BCUT2D eigenvalue weighted by atomic mass is 9.98. The fraction of sp³-hybridized carbons (Fsp3) is 0.545. The molecule has 3 rings (SSSR count). The first kappa shape index (κ1) is 22.7. The lowest BCUT2D eigenvalue weighted by Crippen LogP contribution is -2.62. The van der Waals surface area contributed by atoms with Crippen molar-refractivity contribution in [2.75, 3.05) is 44.9 Å². The zero-order chi connectivity index (χ0) is 22.6. The first-order valence-electron chi connectivity index (χ1n) is 10.5. The number of para-hydroxylation sites is 1. The molecule has 0 radical (unpaired) electrons. The molecule has 3 amide bonds. The quantitative estimate of drug-likeness (QED) is 0.549. The summed E-state index contributed by atoms with van der Waals surface area (Å²) < 4.78 is 10.00. The molecule has 1 atom stereocenters. The Bertz CT molecular complexity index is 873. The molecular weight excluding hydrogens is 402 g/mol. The van der Waals surface area contributed by atoms with E-state index in [1.807, 2.05) is 6.92 Å². The van der Waals surface area contributed by atoms with E-state index in [4.69, 9.17) is 9.47 Å². The molecule has 0 aromatic heterocycles. The van der Waals surface area contributed by atoms with E-state index in [1.54, 1.807) is 41.0 Å². The van der Waals surface area contributed by atoms with E-state index in [9.17, 15) is 19.2 Å². The number of methoxy groups -OCH3 is 1. The first-order chi connectivity index (χ1) is 14.8. The van der Waals surface area contributed by atoms with Crippen molar-refractivity contribution in [1.29, 1.82) is 0 Å². The van der Waals surface area contributed by atoms with Gasteiger partial charge in [0.25, 0.3) is 5.91 Å². The number of nitrogens with zero attached hydrogens (tertiary/aromatic N) is 3. The molecule has 2 aliphatic heterocycles. The molecule has 0 N–H and O–H groups in total. The normalized spacial score (nSPS) is 19.8. The van der Waals surface area contributed by atoms with Gasteiger partial charge in [0.1, 0.15) is 12.2 Å². The maximum Gasteiger partial charge on any atom is 0.325 e. The molecule has 9 nitrogen and oxygen atoms in total. The number of rotatable bonds is 9. The number of benzene rings is 1. The van der Waals surface area contributed by atoms with Crippen molar-refractivity contribution in [1.82, 2.24) is 9.80 Å². The Morgan fingerprint density at radius 3 is 2.68 bits per heavy atom. The van der Waals surface area contributed by atoms with Crippen LogP contribution >= 0.6 is 0 Å². The first-order valence-corrected chi connectivity index (χ1v) is 10.5. The van der Waals surface area contributed by atoms with Crippen LogP contribution in [0.3, 0.4) is 0 Å². The van der Waals surface area contributed by atoms with Crippen LogP contribution in [0.25, 0.3) is 0 Å². The number of ether oxygens (including phenoxy) is 2. The number of carbonyl (C=O) groups excluding carboxylic acids is 4. The lowest BCUT2D eigenvalue weighted by Gasteiger charge is -2.48. The molecule has 1 fully saturated rings. The number of fused-ring (bicyclic) bond motifs is 3. The second-order valence-electron chi connectivity index (χ2n) is 7.78. The van der Waals surface area contributed by atoms with Gasteiger partial charge in [0.05, 0.1) is 24.5 Å². The third-order valence-corrected chi connectivity index (χ3v) is 5.84. The number of anilines is 1. The Hall–Kier alpha value is -2.94. The highest BCUT2D eigenvalue weighted by atomic mass is 16.5. The predicted molar refractivity (Wildman–Crippen MR) is 112 cm³/mol. The van der Waals surface area contributed by atoms with Crippen molar-refractivity contribution < 1.29 is 28.7 Å². The van der Waals surface area contributed by atoms with Crippen molar-refractivity contribution in [3.05, 3.63) is 29.8 Å². The molecule has 1 saturated heterocycles. The van der Waals surface area contributed by atoms with Crippen molar-refractivity contribution in [2.24, 2.45) is 0 Å². The van der Waals surface area contributed by atoms with Crippen LogP contribution in [-0.2, 0) is 23.9 Å². The van der Waals surface area contributed by atoms with Gasteiger partial charge in [-0.3, -0.25) is 24.1 Å². The smallest absolute Gasteiger partial charge is 0.325 e. The van der Waals surface area contributed by atoms with Crippen LogP contribution in [0.5, 0.6) is 0 Å². The van der Waals surface area contributed by atoms with Crippen molar-refractivity contribution >= 4 is 29.4 Å². The second kappa shape index (κ2) is 9.47. The summed E-state index contributed by atoms with van der Waals surface area (Å²) in [4.78, 5) is 55.3. The molecule has 2 heterocycles. The summed E-state index contributed by atoms with van der Waals surface area (Å²) in [7, 11) is 1.52. The highest BCUT2D eigenvalue weighted by molar-refractivity contribution is 6.10. The molecule has 0 aliphatic carbocycles. The predicted octanol–water partition coefficient (Wildman–Crippen LogP) is 1.41. The topological polar surface area (TPSA) is 96.5 Å². The average molecular weight is 431 g/mol. The number of carbonyl (C=O) groups is 4. The fourth-order valence-corrected chi connectivity index (χ4v) is 4.26. The fourth-order valence-electron chi connectivity index (χ4n) is 4.26. The third kappa shape index (κ3) is 4.41. The van der Waals surface area contributed by atoms with Crippen LogP contribution in [0.15, 0.2) is 24.3 Å². The van der Waals surface area contributed by atoms with Gasteiger partial charge in [-0.1, -0.05) is 12.1 Å². The van der Waals surface area contributed by atoms with E-state index >= 15 is 0 Å². The second-order valence-corrected chi connectivity index (χ2v) is 7.78. The molecule has 1 aromatic rings. The van der Waals surface area contributed by atoms with Crippen molar-refractivity contribution in [3.63, 3.8) is 0 Å². The summed E-state index contributed by atoms with van der Waals surface area (Å²) in [5.41, 5.74) is 0.246. The van der Waals surface area contributed by atoms with E-state index in [1.165, 1.54) is 12.0 Å². The van der Waals surface area contributed by atoms with Crippen LogP contribution in [-0.4, -0.2) is 79.1 Å². The highest BCUT2D eigenvalue weighted by Gasteiger charge is 2.52. The van der Waals surface area contributed by atoms with Gasteiger partial charge in [0, 0.05) is 33.0 Å². The summed E-state index contributed by atoms with van der Waals surface area (Å²) in [6.45, 7) is 4.28. The molecule has 0 saturated carbocycles. The zero-order valence-corrected chi connectivity index (χ0v) is 18.3. The van der Waals surface area contributed by atoms with Gasteiger partial charge in [-0.2, -0.15) is 0 Å².